The second-order valence-electron chi connectivity index (χ2n) is 10.4. The number of ether oxygens (including phenoxy) is 1. The number of halogens is 1. The minimum Gasteiger partial charge on any atom is -0.493 e. The van der Waals surface area contributed by atoms with Crippen LogP contribution in [-0.4, -0.2) is 45.3 Å². The molecule has 1 aliphatic carbocycles. The van der Waals surface area contributed by atoms with E-state index in [1.807, 2.05) is 0 Å². The monoisotopic (exact) mass is 485 g/mol. The fraction of sp³-hybridized carbons (Fsp3) is 0.571. The predicted octanol–water partition coefficient (Wildman–Crippen LogP) is 5.61. The minimum absolute atomic E-state index is 0.188. The molecule has 1 saturated heterocycles. The van der Waals surface area contributed by atoms with Crippen molar-refractivity contribution < 1.29 is 17.5 Å². The second-order valence-corrected chi connectivity index (χ2v) is 12.5. The minimum atomic E-state index is -3.34. The van der Waals surface area contributed by atoms with Gasteiger partial charge >= 0.3 is 0 Å². The van der Waals surface area contributed by atoms with E-state index in [0.717, 1.165) is 51.0 Å². The summed E-state index contributed by atoms with van der Waals surface area (Å²) < 4.78 is 44.2. The number of benzene rings is 2. The summed E-state index contributed by atoms with van der Waals surface area (Å²) in [6, 6.07) is 11.8. The molecule has 0 aromatic heterocycles. The highest BCUT2D eigenvalue weighted by Crippen LogP contribution is 2.38. The van der Waals surface area contributed by atoms with Crippen molar-refractivity contribution >= 4 is 9.84 Å². The molecule has 5 rings (SSSR count). The Morgan fingerprint density at radius 2 is 1.62 bits per heavy atom. The topological polar surface area (TPSA) is 46.6 Å². The van der Waals surface area contributed by atoms with Crippen LogP contribution >= 0.6 is 0 Å². The van der Waals surface area contributed by atoms with Crippen LogP contribution in [-0.2, 0) is 16.3 Å². The van der Waals surface area contributed by atoms with Crippen LogP contribution in [0.1, 0.15) is 62.0 Å². The van der Waals surface area contributed by atoms with Crippen LogP contribution in [0.25, 0.3) is 0 Å². The first kappa shape index (κ1) is 23.8. The van der Waals surface area contributed by atoms with Gasteiger partial charge in [0.15, 0.2) is 9.84 Å². The van der Waals surface area contributed by atoms with E-state index in [0.29, 0.717) is 11.8 Å². The summed E-state index contributed by atoms with van der Waals surface area (Å²) in [6.07, 6.45) is 8.93. The molecule has 4 nitrogen and oxygen atoms in total. The van der Waals surface area contributed by atoms with Crippen LogP contribution in [0.5, 0.6) is 5.75 Å². The van der Waals surface area contributed by atoms with Gasteiger partial charge in [0.05, 0.1) is 17.3 Å². The Kier molecular flexibility index (Phi) is 7.26. The van der Waals surface area contributed by atoms with Crippen LogP contribution in [0.2, 0.25) is 0 Å². The molecular weight excluding hydrogens is 449 g/mol. The van der Waals surface area contributed by atoms with Gasteiger partial charge in [0, 0.05) is 12.0 Å². The molecule has 2 aromatic carbocycles. The Hall–Kier alpha value is -1.92. The van der Waals surface area contributed by atoms with Crippen molar-refractivity contribution in [2.75, 3.05) is 32.0 Å². The summed E-state index contributed by atoms with van der Waals surface area (Å²) in [6.45, 7) is 4.32. The molecule has 3 aliphatic rings. The third-order valence-corrected chi connectivity index (χ3v) is 10.2. The van der Waals surface area contributed by atoms with E-state index < -0.39 is 15.7 Å². The van der Waals surface area contributed by atoms with Crippen molar-refractivity contribution in [3.63, 3.8) is 0 Å². The highest BCUT2D eigenvalue weighted by Gasteiger charge is 2.28. The van der Waals surface area contributed by atoms with E-state index in [1.54, 1.807) is 0 Å². The lowest BCUT2D eigenvalue weighted by molar-refractivity contribution is 0.182. The predicted molar refractivity (Wildman–Crippen MR) is 133 cm³/mol. The van der Waals surface area contributed by atoms with E-state index in [2.05, 4.69) is 23.1 Å². The number of sulfone groups is 1. The fourth-order valence-electron chi connectivity index (χ4n) is 6.20. The van der Waals surface area contributed by atoms with Gasteiger partial charge in [0.25, 0.3) is 0 Å². The standard InChI is InChI=1S/C28H36FNO3S/c29-24-8-10-25(11-9-24)34(31,32)20-22-6-4-21(5-7-22)12-16-30-17-13-23(14-18-30)26-2-1-3-28-27(26)15-19-33-28/h1-3,8-11,21-23H,4-7,12-20H2. The number of likely N-dealkylation sites (tertiary alicyclic amines) is 1. The first-order valence-electron chi connectivity index (χ1n) is 12.9. The van der Waals surface area contributed by atoms with Crippen LogP contribution in [0.4, 0.5) is 4.39 Å². The maximum Gasteiger partial charge on any atom is 0.178 e. The first-order chi connectivity index (χ1) is 16.5. The Labute approximate surface area is 203 Å². The molecule has 1 saturated carbocycles. The molecule has 2 aromatic rings. The van der Waals surface area contributed by atoms with Gasteiger partial charge in [-0.25, -0.2) is 12.8 Å². The molecule has 0 bridgehead atoms. The first-order valence-corrected chi connectivity index (χ1v) is 14.6. The fourth-order valence-corrected chi connectivity index (χ4v) is 7.90. The van der Waals surface area contributed by atoms with Crippen molar-refractivity contribution in [1.82, 2.24) is 4.90 Å². The molecule has 0 unspecified atom stereocenters. The Morgan fingerprint density at radius 1 is 0.912 bits per heavy atom. The number of hydrogen-bond acceptors (Lipinski definition) is 4. The van der Waals surface area contributed by atoms with Gasteiger partial charge in [0.2, 0.25) is 0 Å². The highest BCUT2D eigenvalue weighted by molar-refractivity contribution is 7.91. The largest absolute Gasteiger partial charge is 0.493 e. The number of nitrogens with zero attached hydrogens (tertiary/aromatic N) is 1. The Balaban J connectivity index is 1.04. The summed E-state index contributed by atoms with van der Waals surface area (Å²) in [5.41, 5.74) is 2.96. The number of fused-ring (bicyclic) bond motifs is 1. The molecule has 2 heterocycles. The van der Waals surface area contributed by atoms with E-state index in [-0.39, 0.29) is 16.6 Å². The third kappa shape index (κ3) is 5.49. The molecule has 2 aliphatic heterocycles. The van der Waals surface area contributed by atoms with Crippen molar-refractivity contribution in [2.24, 2.45) is 11.8 Å². The van der Waals surface area contributed by atoms with Crippen LogP contribution in [0.3, 0.4) is 0 Å². The van der Waals surface area contributed by atoms with Gasteiger partial charge in [0.1, 0.15) is 11.6 Å². The van der Waals surface area contributed by atoms with Gasteiger partial charge in [-0.1, -0.05) is 25.0 Å². The summed E-state index contributed by atoms with van der Waals surface area (Å²) in [5, 5.41) is 0. The quantitative estimate of drug-likeness (QED) is 0.478. The lowest BCUT2D eigenvalue weighted by Gasteiger charge is -2.35. The molecule has 0 N–H and O–H groups in total. The average Bonchev–Trinajstić information content (AvgIpc) is 3.33. The molecule has 0 amide bonds. The molecule has 0 radical (unpaired) electrons. The molecule has 0 atom stereocenters. The normalized spacial score (nSPS) is 24.0. The van der Waals surface area contributed by atoms with Gasteiger partial charge < -0.3 is 9.64 Å². The number of piperidine rings is 1. The Morgan fingerprint density at radius 3 is 2.35 bits per heavy atom. The van der Waals surface area contributed by atoms with Crippen molar-refractivity contribution in [2.45, 2.75) is 62.2 Å². The molecule has 0 spiro atoms. The van der Waals surface area contributed by atoms with Crippen molar-refractivity contribution in [1.29, 1.82) is 0 Å². The lowest BCUT2D eigenvalue weighted by atomic mass is 9.81. The van der Waals surface area contributed by atoms with Crippen LogP contribution in [0.15, 0.2) is 47.4 Å². The summed E-state index contributed by atoms with van der Waals surface area (Å²) in [4.78, 5) is 2.87. The van der Waals surface area contributed by atoms with E-state index >= 15 is 0 Å². The van der Waals surface area contributed by atoms with Gasteiger partial charge in [-0.15, -0.1) is 0 Å². The molecule has 184 valence electrons. The summed E-state index contributed by atoms with van der Waals surface area (Å²) in [5.74, 6) is 2.47. The van der Waals surface area contributed by atoms with Crippen LogP contribution < -0.4 is 4.74 Å². The summed E-state index contributed by atoms with van der Waals surface area (Å²) >= 11 is 0. The second kappa shape index (κ2) is 10.4. The van der Waals surface area contributed by atoms with Gasteiger partial charge in [-0.3, -0.25) is 0 Å². The smallest absolute Gasteiger partial charge is 0.178 e. The molecular formula is C28H36FNO3S. The molecule has 34 heavy (non-hydrogen) atoms. The van der Waals surface area contributed by atoms with Gasteiger partial charge in [-0.2, -0.15) is 0 Å². The van der Waals surface area contributed by atoms with E-state index in [4.69, 9.17) is 4.74 Å². The SMILES string of the molecule is O=S(=O)(CC1CCC(CCN2CCC(c3cccc4c3CCO4)CC2)CC1)c1ccc(F)cc1. The molecule has 2 fully saturated rings. The van der Waals surface area contributed by atoms with Crippen molar-refractivity contribution in [3.8, 4) is 5.75 Å². The number of hydrogen-bond donors (Lipinski definition) is 0. The molecule has 6 heteroatoms. The van der Waals surface area contributed by atoms with Crippen LogP contribution in [0, 0.1) is 17.7 Å². The van der Waals surface area contributed by atoms with Crippen molar-refractivity contribution in [3.05, 3.63) is 59.4 Å². The maximum atomic E-state index is 13.1. The van der Waals surface area contributed by atoms with Gasteiger partial charge in [-0.05, 0) is 105 Å². The van der Waals surface area contributed by atoms with E-state index in [9.17, 15) is 12.8 Å². The summed E-state index contributed by atoms with van der Waals surface area (Å²) in [7, 11) is -3.34. The zero-order valence-electron chi connectivity index (χ0n) is 19.9. The lowest BCUT2D eigenvalue weighted by Crippen LogP contribution is -2.35. The average molecular weight is 486 g/mol. The third-order valence-electron chi connectivity index (χ3n) is 8.25. The maximum absolute atomic E-state index is 13.1. The highest BCUT2D eigenvalue weighted by atomic mass is 32.2. The zero-order valence-corrected chi connectivity index (χ0v) is 20.7. The van der Waals surface area contributed by atoms with E-state index in [1.165, 1.54) is 67.7 Å². The number of rotatable bonds is 7. The Bertz CT molecular complexity index is 1070. The zero-order chi connectivity index (χ0) is 23.5.